The maximum absolute atomic E-state index is 5.89. The molecule has 0 radical (unpaired) electrons. The van der Waals surface area contributed by atoms with Crippen molar-refractivity contribution < 1.29 is 0 Å². The first kappa shape index (κ1) is 8.95. The van der Waals surface area contributed by atoms with E-state index < -0.39 is 0 Å². The van der Waals surface area contributed by atoms with E-state index in [1.807, 2.05) is 12.1 Å². The highest BCUT2D eigenvalue weighted by Gasteiger charge is 2.16. The molecule has 1 aliphatic rings. The number of anilines is 1. The van der Waals surface area contributed by atoms with Crippen molar-refractivity contribution in [3.8, 4) is 0 Å². The smallest absolute Gasteiger partial charge is 0.0346 e. The molecule has 0 saturated carbocycles. The van der Waals surface area contributed by atoms with Crippen molar-refractivity contribution >= 4 is 17.4 Å². The Kier molecular flexibility index (Phi) is 2.79. The lowest BCUT2D eigenvalue weighted by atomic mass is 9.98. The predicted molar refractivity (Wildman–Crippen MR) is 60.0 cm³/mol. The minimum atomic E-state index is 0.856. The van der Waals surface area contributed by atoms with Gasteiger partial charge in [0.25, 0.3) is 0 Å². The van der Waals surface area contributed by atoms with Crippen LogP contribution >= 0.6 is 11.8 Å². The highest BCUT2D eigenvalue weighted by atomic mass is 32.2. The molecular weight excluding hydrogens is 178 g/mol. The van der Waals surface area contributed by atoms with Crippen LogP contribution in [0.15, 0.2) is 24.3 Å². The Morgan fingerprint density at radius 1 is 1.38 bits per heavy atom. The Labute approximate surface area is 83.7 Å². The fourth-order valence-electron chi connectivity index (χ4n) is 1.78. The second kappa shape index (κ2) is 4.05. The van der Waals surface area contributed by atoms with Gasteiger partial charge >= 0.3 is 0 Å². The van der Waals surface area contributed by atoms with E-state index in [1.165, 1.54) is 29.9 Å². The third-order valence-electron chi connectivity index (χ3n) is 2.59. The molecule has 0 aliphatic carbocycles. The number of hydrogen-bond acceptors (Lipinski definition) is 2. The van der Waals surface area contributed by atoms with Gasteiger partial charge in [-0.2, -0.15) is 11.8 Å². The zero-order chi connectivity index (χ0) is 9.10. The van der Waals surface area contributed by atoms with Gasteiger partial charge in [-0.05, 0) is 41.9 Å². The van der Waals surface area contributed by atoms with E-state index >= 15 is 0 Å². The second-order valence-electron chi connectivity index (χ2n) is 3.63. The van der Waals surface area contributed by atoms with Gasteiger partial charge in [0.1, 0.15) is 0 Å². The first-order chi connectivity index (χ1) is 6.36. The quantitative estimate of drug-likeness (QED) is 0.730. The summed E-state index contributed by atoms with van der Waals surface area (Å²) in [6.07, 6.45) is 2.53. The van der Waals surface area contributed by atoms with Gasteiger partial charge in [-0.1, -0.05) is 18.2 Å². The number of benzene rings is 1. The molecule has 0 bridgehead atoms. The summed E-state index contributed by atoms with van der Waals surface area (Å²) >= 11 is 2.07. The number of nitrogen functional groups attached to an aromatic ring is 1. The Morgan fingerprint density at radius 2 is 2.23 bits per heavy atom. The molecule has 0 aromatic heterocycles. The van der Waals surface area contributed by atoms with Crippen LogP contribution in [0.4, 0.5) is 5.69 Å². The molecule has 2 heteroatoms. The van der Waals surface area contributed by atoms with E-state index in [4.69, 9.17) is 5.73 Å². The molecule has 1 aromatic carbocycles. The molecule has 1 atom stereocenters. The monoisotopic (exact) mass is 193 g/mol. The summed E-state index contributed by atoms with van der Waals surface area (Å²) < 4.78 is 0. The summed E-state index contributed by atoms with van der Waals surface area (Å²) in [6, 6.07) is 8.23. The van der Waals surface area contributed by atoms with Crippen LogP contribution in [0.25, 0.3) is 0 Å². The van der Waals surface area contributed by atoms with Gasteiger partial charge < -0.3 is 5.73 Å². The molecule has 2 rings (SSSR count). The largest absolute Gasteiger partial charge is 0.399 e. The summed E-state index contributed by atoms with van der Waals surface area (Å²) in [7, 11) is 0. The van der Waals surface area contributed by atoms with Crippen molar-refractivity contribution in [2.24, 2.45) is 5.92 Å². The second-order valence-corrected chi connectivity index (χ2v) is 4.78. The van der Waals surface area contributed by atoms with Gasteiger partial charge in [0.05, 0.1) is 0 Å². The topological polar surface area (TPSA) is 26.0 Å². The van der Waals surface area contributed by atoms with Gasteiger partial charge in [-0.25, -0.2) is 0 Å². The van der Waals surface area contributed by atoms with Gasteiger partial charge in [0.15, 0.2) is 0 Å². The Bertz CT molecular complexity index is 279. The summed E-state index contributed by atoms with van der Waals surface area (Å²) in [5, 5.41) is 0. The maximum Gasteiger partial charge on any atom is 0.0346 e. The van der Waals surface area contributed by atoms with Gasteiger partial charge in [0.2, 0.25) is 0 Å². The van der Waals surface area contributed by atoms with Crippen LogP contribution in [-0.4, -0.2) is 11.5 Å². The fraction of sp³-hybridized carbons (Fsp3) is 0.455. The Hall–Kier alpha value is -0.630. The molecule has 0 amide bonds. The van der Waals surface area contributed by atoms with E-state index in [9.17, 15) is 0 Å². The Morgan fingerprint density at radius 3 is 2.92 bits per heavy atom. The minimum Gasteiger partial charge on any atom is -0.399 e. The summed E-state index contributed by atoms with van der Waals surface area (Å²) in [5.41, 5.74) is 8.18. The molecule has 13 heavy (non-hydrogen) atoms. The molecule has 0 spiro atoms. The highest BCUT2D eigenvalue weighted by Crippen LogP contribution is 2.27. The number of rotatable bonds is 2. The third-order valence-corrected chi connectivity index (χ3v) is 3.82. The molecular formula is C11H15NS. The van der Waals surface area contributed by atoms with E-state index in [0.29, 0.717) is 0 Å². The van der Waals surface area contributed by atoms with Crippen molar-refractivity contribution in [2.75, 3.05) is 17.2 Å². The Balaban J connectivity index is 2.04. The van der Waals surface area contributed by atoms with E-state index in [-0.39, 0.29) is 0 Å². The average Bonchev–Trinajstić information content (AvgIpc) is 2.61. The zero-order valence-corrected chi connectivity index (χ0v) is 8.52. The first-order valence-corrected chi connectivity index (χ1v) is 5.93. The summed E-state index contributed by atoms with van der Waals surface area (Å²) in [5.74, 6) is 3.50. The van der Waals surface area contributed by atoms with E-state index in [1.54, 1.807) is 0 Å². The molecule has 1 nitrogen and oxygen atoms in total. The molecule has 1 saturated heterocycles. The van der Waals surface area contributed by atoms with Gasteiger partial charge in [-0.15, -0.1) is 0 Å². The molecule has 70 valence electrons. The van der Waals surface area contributed by atoms with E-state index in [0.717, 1.165) is 11.6 Å². The molecule has 2 N–H and O–H groups in total. The van der Waals surface area contributed by atoms with Crippen molar-refractivity contribution in [3.05, 3.63) is 29.8 Å². The normalized spacial score (nSPS) is 22.0. The van der Waals surface area contributed by atoms with Gasteiger partial charge in [-0.3, -0.25) is 0 Å². The zero-order valence-electron chi connectivity index (χ0n) is 7.70. The SMILES string of the molecule is Nc1ccccc1CC1CCSC1. The van der Waals surface area contributed by atoms with Crippen molar-refractivity contribution in [1.82, 2.24) is 0 Å². The molecule has 1 unspecified atom stereocenters. The van der Waals surface area contributed by atoms with Gasteiger partial charge in [0, 0.05) is 5.69 Å². The van der Waals surface area contributed by atoms with Crippen molar-refractivity contribution in [1.29, 1.82) is 0 Å². The molecule has 1 aromatic rings. The maximum atomic E-state index is 5.89. The van der Waals surface area contributed by atoms with Crippen LogP contribution in [0.1, 0.15) is 12.0 Å². The van der Waals surface area contributed by atoms with Crippen LogP contribution in [-0.2, 0) is 6.42 Å². The number of nitrogens with two attached hydrogens (primary N) is 1. The average molecular weight is 193 g/mol. The lowest BCUT2D eigenvalue weighted by molar-refractivity contribution is 0.597. The van der Waals surface area contributed by atoms with Crippen LogP contribution < -0.4 is 5.73 Å². The lowest BCUT2D eigenvalue weighted by Gasteiger charge is -2.09. The number of hydrogen-bond donors (Lipinski definition) is 1. The molecule has 1 aliphatic heterocycles. The highest BCUT2D eigenvalue weighted by molar-refractivity contribution is 7.99. The van der Waals surface area contributed by atoms with Crippen LogP contribution in [0, 0.1) is 5.92 Å². The summed E-state index contributed by atoms with van der Waals surface area (Å²) in [4.78, 5) is 0. The van der Waals surface area contributed by atoms with Crippen molar-refractivity contribution in [3.63, 3.8) is 0 Å². The molecule has 1 heterocycles. The number of para-hydroxylation sites is 1. The predicted octanol–water partition coefficient (Wildman–Crippen LogP) is 2.56. The third kappa shape index (κ3) is 2.19. The number of thioether (sulfide) groups is 1. The fourth-order valence-corrected chi connectivity index (χ4v) is 3.06. The standard InChI is InChI=1S/C11H15NS/c12-11-4-2-1-3-10(11)7-9-5-6-13-8-9/h1-4,9H,5-8,12H2. The lowest BCUT2D eigenvalue weighted by Crippen LogP contribution is -2.04. The van der Waals surface area contributed by atoms with Crippen LogP contribution in [0.3, 0.4) is 0 Å². The van der Waals surface area contributed by atoms with Crippen LogP contribution in [0.2, 0.25) is 0 Å². The van der Waals surface area contributed by atoms with E-state index in [2.05, 4.69) is 23.9 Å². The summed E-state index contributed by atoms with van der Waals surface area (Å²) in [6.45, 7) is 0. The minimum absolute atomic E-state index is 0.856. The van der Waals surface area contributed by atoms with Crippen LogP contribution in [0.5, 0.6) is 0 Å². The van der Waals surface area contributed by atoms with Crippen molar-refractivity contribution in [2.45, 2.75) is 12.8 Å². The first-order valence-electron chi connectivity index (χ1n) is 4.77. The molecule has 1 fully saturated rings.